The van der Waals surface area contributed by atoms with Crippen molar-refractivity contribution in [1.82, 2.24) is 4.90 Å². The lowest BCUT2D eigenvalue weighted by atomic mass is 10.0. The van der Waals surface area contributed by atoms with Crippen LogP contribution in [0.1, 0.15) is 23.2 Å². The van der Waals surface area contributed by atoms with Crippen LogP contribution < -0.4 is 4.74 Å². The first-order chi connectivity index (χ1) is 15.0. The third-order valence-electron chi connectivity index (χ3n) is 5.77. The molecule has 3 aromatic rings. The van der Waals surface area contributed by atoms with Gasteiger partial charge in [-0.05, 0) is 60.4 Å². The van der Waals surface area contributed by atoms with E-state index >= 15 is 0 Å². The molecule has 0 aromatic heterocycles. The Kier molecular flexibility index (Phi) is 6.09. The van der Waals surface area contributed by atoms with Gasteiger partial charge in [-0.2, -0.15) is 0 Å². The van der Waals surface area contributed by atoms with Gasteiger partial charge in [0.2, 0.25) is 0 Å². The van der Waals surface area contributed by atoms with Crippen LogP contribution in [0.25, 0.3) is 11.1 Å². The second-order valence-electron chi connectivity index (χ2n) is 7.66. The predicted octanol–water partition coefficient (Wildman–Crippen LogP) is 4.44. The number of piperidine rings is 1. The summed E-state index contributed by atoms with van der Waals surface area (Å²) in [5.41, 5.74) is 2.63. The summed E-state index contributed by atoms with van der Waals surface area (Å²) in [5, 5.41) is -0.450. The van der Waals surface area contributed by atoms with Crippen LogP contribution >= 0.6 is 0 Å². The average molecular weight is 436 g/mol. The quantitative estimate of drug-likeness (QED) is 0.594. The number of hydrogen-bond donors (Lipinski definition) is 0. The largest absolute Gasteiger partial charge is 0.497 e. The van der Waals surface area contributed by atoms with Crippen LogP contribution in [0.5, 0.6) is 5.75 Å². The smallest absolute Gasteiger partial charge is 0.253 e. The number of amides is 1. The molecule has 0 N–H and O–H groups in total. The average Bonchev–Trinajstić information content (AvgIpc) is 2.84. The summed E-state index contributed by atoms with van der Waals surface area (Å²) in [7, 11) is -1.73. The van der Waals surface area contributed by atoms with E-state index in [0.29, 0.717) is 36.4 Å². The molecule has 6 heteroatoms. The zero-order valence-electron chi connectivity index (χ0n) is 17.4. The van der Waals surface area contributed by atoms with Crippen molar-refractivity contribution in [3.63, 3.8) is 0 Å². The van der Waals surface area contributed by atoms with Gasteiger partial charge >= 0.3 is 0 Å². The topological polar surface area (TPSA) is 63.7 Å². The molecule has 0 atom stereocenters. The van der Waals surface area contributed by atoms with Crippen LogP contribution in [0.15, 0.2) is 83.8 Å². The molecule has 0 unspecified atom stereocenters. The summed E-state index contributed by atoms with van der Waals surface area (Å²) in [6, 6.07) is 23.8. The summed E-state index contributed by atoms with van der Waals surface area (Å²) in [4.78, 5) is 15.0. The van der Waals surface area contributed by atoms with Gasteiger partial charge in [0.05, 0.1) is 17.3 Å². The van der Waals surface area contributed by atoms with E-state index in [1.807, 2.05) is 48.5 Å². The molecule has 4 rings (SSSR count). The molecule has 0 bridgehead atoms. The van der Waals surface area contributed by atoms with Gasteiger partial charge in [0.25, 0.3) is 5.91 Å². The van der Waals surface area contributed by atoms with Crippen LogP contribution in [0.4, 0.5) is 0 Å². The van der Waals surface area contributed by atoms with Gasteiger partial charge in [0.1, 0.15) is 5.75 Å². The molecule has 1 amide bonds. The maximum atomic E-state index is 12.9. The van der Waals surface area contributed by atoms with Crippen molar-refractivity contribution < 1.29 is 17.9 Å². The number of carbonyl (C=O) groups is 1. The number of ether oxygens (including phenoxy) is 1. The van der Waals surface area contributed by atoms with Gasteiger partial charge in [-0.3, -0.25) is 4.79 Å². The van der Waals surface area contributed by atoms with E-state index in [1.54, 1.807) is 42.3 Å². The Morgan fingerprint density at radius 2 is 1.55 bits per heavy atom. The van der Waals surface area contributed by atoms with Crippen LogP contribution in [0.3, 0.4) is 0 Å². The first-order valence-electron chi connectivity index (χ1n) is 10.3. The first kappa shape index (κ1) is 21.1. The molecular weight excluding hydrogens is 410 g/mol. The highest BCUT2D eigenvalue weighted by atomic mass is 32.2. The summed E-state index contributed by atoms with van der Waals surface area (Å²) >= 11 is 0. The van der Waals surface area contributed by atoms with Crippen LogP contribution in [0.2, 0.25) is 0 Å². The first-order valence-corrected chi connectivity index (χ1v) is 11.9. The fraction of sp³-hybridized carbons (Fsp3) is 0.240. The molecule has 5 nitrogen and oxygen atoms in total. The molecule has 1 fully saturated rings. The fourth-order valence-corrected chi connectivity index (χ4v) is 5.72. The standard InChI is InChI=1S/C25H25NO4S/c1-30-22-7-5-6-21(18-22)19-10-12-20(13-11-19)25(27)26-16-14-24(15-17-26)31(28,29)23-8-3-2-4-9-23/h2-13,18,24H,14-17H2,1H3. The molecule has 1 aliphatic rings. The Hall–Kier alpha value is -3.12. The van der Waals surface area contributed by atoms with Gasteiger partial charge in [-0.15, -0.1) is 0 Å². The third-order valence-corrected chi connectivity index (χ3v) is 8.05. The maximum Gasteiger partial charge on any atom is 0.253 e. The molecular formula is C25H25NO4S. The van der Waals surface area contributed by atoms with Crippen molar-refractivity contribution in [2.24, 2.45) is 0 Å². The molecule has 0 radical (unpaired) electrons. The highest BCUT2D eigenvalue weighted by Crippen LogP contribution is 2.27. The lowest BCUT2D eigenvalue weighted by Gasteiger charge is -2.31. The molecule has 0 spiro atoms. The number of nitrogens with zero attached hydrogens (tertiary/aromatic N) is 1. The SMILES string of the molecule is COc1cccc(-c2ccc(C(=O)N3CCC(S(=O)(=O)c4ccccc4)CC3)cc2)c1. The zero-order chi connectivity index (χ0) is 21.8. The van der Waals surface area contributed by atoms with E-state index in [2.05, 4.69) is 0 Å². The Labute approximate surface area is 183 Å². The van der Waals surface area contributed by atoms with Gasteiger partial charge in [0, 0.05) is 18.7 Å². The number of hydrogen-bond acceptors (Lipinski definition) is 4. The predicted molar refractivity (Wildman–Crippen MR) is 121 cm³/mol. The van der Waals surface area contributed by atoms with Gasteiger partial charge in [-0.1, -0.05) is 42.5 Å². The number of methoxy groups -OCH3 is 1. The van der Waals surface area contributed by atoms with Gasteiger partial charge in [0.15, 0.2) is 9.84 Å². The second kappa shape index (κ2) is 8.94. The molecule has 1 aliphatic heterocycles. The van der Waals surface area contributed by atoms with Crippen LogP contribution in [0, 0.1) is 0 Å². The molecule has 0 saturated carbocycles. The fourth-order valence-electron chi connectivity index (χ4n) is 3.96. The van der Waals surface area contributed by atoms with Crippen LogP contribution in [-0.2, 0) is 9.84 Å². The Bertz CT molecular complexity index is 1150. The molecule has 3 aromatic carbocycles. The normalized spacial score (nSPS) is 14.9. The molecule has 0 aliphatic carbocycles. The molecule has 160 valence electrons. The van der Waals surface area contributed by atoms with Crippen molar-refractivity contribution in [2.45, 2.75) is 23.0 Å². The molecule has 31 heavy (non-hydrogen) atoms. The number of benzene rings is 3. The van der Waals surface area contributed by atoms with Gasteiger partial charge in [-0.25, -0.2) is 8.42 Å². The Morgan fingerprint density at radius 3 is 2.19 bits per heavy atom. The highest BCUT2D eigenvalue weighted by Gasteiger charge is 2.32. The number of sulfone groups is 1. The highest BCUT2D eigenvalue weighted by molar-refractivity contribution is 7.92. The summed E-state index contributed by atoms with van der Waals surface area (Å²) in [6.45, 7) is 0.875. The minimum atomic E-state index is -3.37. The van der Waals surface area contributed by atoms with E-state index in [1.165, 1.54) is 0 Å². The minimum absolute atomic E-state index is 0.0623. The lowest BCUT2D eigenvalue weighted by molar-refractivity contribution is 0.0725. The van der Waals surface area contributed by atoms with Crippen molar-refractivity contribution >= 4 is 15.7 Å². The van der Waals surface area contributed by atoms with Crippen molar-refractivity contribution in [1.29, 1.82) is 0 Å². The van der Waals surface area contributed by atoms with Crippen molar-refractivity contribution in [3.05, 3.63) is 84.4 Å². The van der Waals surface area contributed by atoms with E-state index in [0.717, 1.165) is 16.9 Å². The number of rotatable bonds is 5. The lowest BCUT2D eigenvalue weighted by Crippen LogP contribution is -2.42. The third kappa shape index (κ3) is 4.49. The number of carbonyl (C=O) groups excluding carboxylic acids is 1. The van der Waals surface area contributed by atoms with Crippen molar-refractivity contribution in [3.8, 4) is 16.9 Å². The van der Waals surface area contributed by atoms with Gasteiger partial charge < -0.3 is 9.64 Å². The summed E-state index contributed by atoms with van der Waals surface area (Å²) in [5.74, 6) is 0.721. The maximum absolute atomic E-state index is 12.9. The van der Waals surface area contributed by atoms with E-state index in [4.69, 9.17) is 4.74 Å². The van der Waals surface area contributed by atoms with E-state index in [9.17, 15) is 13.2 Å². The van der Waals surface area contributed by atoms with Crippen LogP contribution in [-0.4, -0.2) is 44.7 Å². The van der Waals surface area contributed by atoms with E-state index < -0.39 is 15.1 Å². The summed E-state index contributed by atoms with van der Waals surface area (Å²) < 4.78 is 31.0. The summed E-state index contributed by atoms with van der Waals surface area (Å²) in [6.07, 6.45) is 0.899. The van der Waals surface area contributed by atoms with Crippen molar-refractivity contribution in [2.75, 3.05) is 20.2 Å². The second-order valence-corrected chi connectivity index (χ2v) is 9.89. The zero-order valence-corrected chi connectivity index (χ0v) is 18.2. The minimum Gasteiger partial charge on any atom is -0.497 e. The Balaban J connectivity index is 1.42. The molecule has 1 heterocycles. The Morgan fingerprint density at radius 1 is 0.871 bits per heavy atom. The monoisotopic (exact) mass is 435 g/mol. The van der Waals surface area contributed by atoms with E-state index in [-0.39, 0.29) is 5.91 Å². The number of likely N-dealkylation sites (tertiary alicyclic amines) is 1. The molecule has 1 saturated heterocycles.